The van der Waals surface area contributed by atoms with E-state index >= 15 is 0 Å². The summed E-state index contributed by atoms with van der Waals surface area (Å²) >= 11 is 0. The van der Waals surface area contributed by atoms with Crippen LogP contribution in [-0.4, -0.2) is 47.3 Å². The van der Waals surface area contributed by atoms with E-state index in [1.165, 1.54) is 18.6 Å². The number of ether oxygens (including phenoxy) is 1. The van der Waals surface area contributed by atoms with Gasteiger partial charge >= 0.3 is 0 Å². The van der Waals surface area contributed by atoms with Crippen LogP contribution in [0.5, 0.6) is 5.75 Å². The van der Waals surface area contributed by atoms with Gasteiger partial charge in [0.1, 0.15) is 11.8 Å². The van der Waals surface area contributed by atoms with E-state index in [1.54, 1.807) is 11.9 Å². The van der Waals surface area contributed by atoms with Crippen LogP contribution in [-0.2, 0) is 4.79 Å². The van der Waals surface area contributed by atoms with Gasteiger partial charge in [0.25, 0.3) is 0 Å². The van der Waals surface area contributed by atoms with E-state index in [2.05, 4.69) is 17.0 Å². The molecule has 0 spiro atoms. The predicted molar refractivity (Wildman–Crippen MR) is 88.4 cm³/mol. The van der Waals surface area contributed by atoms with Crippen LogP contribution in [0.3, 0.4) is 0 Å². The summed E-state index contributed by atoms with van der Waals surface area (Å²) in [6, 6.07) is 8.39. The van der Waals surface area contributed by atoms with Gasteiger partial charge in [-0.15, -0.1) is 0 Å². The first-order chi connectivity index (χ1) is 11.2. The number of hydrazone groups is 1. The lowest BCUT2D eigenvalue weighted by Crippen LogP contribution is -2.56. The Morgan fingerprint density at radius 2 is 1.91 bits per heavy atom. The summed E-state index contributed by atoms with van der Waals surface area (Å²) in [7, 11) is 0. The summed E-state index contributed by atoms with van der Waals surface area (Å²) in [5, 5.41) is 6.44. The second-order valence-corrected chi connectivity index (χ2v) is 6.59. The molecule has 0 aliphatic carbocycles. The highest BCUT2D eigenvalue weighted by molar-refractivity contribution is 5.97. The molecular formula is C18H23N3O2. The molecule has 4 heterocycles. The average molecular weight is 313 g/mol. The minimum Gasteiger partial charge on any atom is -0.494 e. The van der Waals surface area contributed by atoms with Gasteiger partial charge in [-0.05, 0) is 50.6 Å². The normalized spacial score (nSPS) is 31.7. The number of nitrogens with zero attached hydrogens (tertiary/aromatic N) is 3. The van der Waals surface area contributed by atoms with E-state index < -0.39 is 0 Å². The Bertz CT molecular complexity index is 632. The molecule has 23 heavy (non-hydrogen) atoms. The molecule has 5 rings (SSSR count). The Balaban J connectivity index is 1.69. The van der Waals surface area contributed by atoms with E-state index in [9.17, 15) is 4.79 Å². The van der Waals surface area contributed by atoms with Gasteiger partial charge in [-0.2, -0.15) is 5.10 Å². The van der Waals surface area contributed by atoms with Gasteiger partial charge < -0.3 is 4.74 Å². The average Bonchev–Trinajstić information content (AvgIpc) is 3.00. The predicted octanol–water partition coefficient (Wildman–Crippen LogP) is 2.44. The molecular weight excluding hydrogens is 290 g/mol. The van der Waals surface area contributed by atoms with Crippen molar-refractivity contribution in [1.82, 2.24) is 9.91 Å². The summed E-state index contributed by atoms with van der Waals surface area (Å²) in [6.45, 7) is 6.49. The molecule has 0 saturated carbocycles. The van der Waals surface area contributed by atoms with Crippen LogP contribution in [0.1, 0.15) is 38.3 Å². The minimum atomic E-state index is 0.00118. The summed E-state index contributed by atoms with van der Waals surface area (Å²) in [5.41, 5.74) is 2.36. The monoisotopic (exact) mass is 313 g/mol. The lowest BCUT2D eigenvalue weighted by atomic mass is 9.78. The zero-order valence-electron chi connectivity index (χ0n) is 13.7. The van der Waals surface area contributed by atoms with Gasteiger partial charge in [0.15, 0.2) is 0 Å². The van der Waals surface area contributed by atoms with Gasteiger partial charge in [-0.1, -0.05) is 12.1 Å². The summed E-state index contributed by atoms with van der Waals surface area (Å²) < 4.78 is 5.53. The molecule has 5 heteroatoms. The van der Waals surface area contributed by atoms with Crippen molar-refractivity contribution in [3.05, 3.63) is 29.8 Å². The van der Waals surface area contributed by atoms with E-state index in [4.69, 9.17) is 9.84 Å². The van der Waals surface area contributed by atoms with Crippen LogP contribution < -0.4 is 4.74 Å². The molecule has 1 amide bonds. The Morgan fingerprint density at radius 1 is 1.22 bits per heavy atom. The largest absolute Gasteiger partial charge is 0.494 e. The molecule has 5 nitrogen and oxygen atoms in total. The molecule has 1 aromatic carbocycles. The van der Waals surface area contributed by atoms with E-state index in [0.29, 0.717) is 12.5 Å². The number of hydrogen-bond acceptors (Lipinski definition) is 4. The Kier molecular flexibility index (Phi) is 3.60. The molecule has 0 N–H and O–H groups in total. The number of benzene rings is 1. The zero-order chi connectivity index (χ0) is 16.0. The van der Waals surface area contributed by atoms with Gasteiger partial charge in [-0.3, -0.25) is 9.69 Å². The zero-order valence-corrected chi connectivity index (χ0v) is 13.7. The van der Waals surface area contributed by atoms with Crippen molar-refractivity contribution < 1.29 is 9.53 Å². The standard InChI is InChI=1S/C18H23N3O2/c1-3-23-15-6-4-14(5-7-15)17-18-16(19-21(17)12(2)22)13-8-10-20(18)11-9-13/h4-7,13,17-18H,3,8-11H2,1-2H3. The maximum atomic E-state index is 12.2. The van der Waals surface area contributed by atoms with Crippen LogP contribution in [0, 0.1) is 5.92 Å². The topological polar surface area (TPSA) is 45.1 Å². The van der Waals surface area contributed by atoms with Gasteiger partial charge in [0.05, 0.1) is 18.4 Å². The molecule has 122 valence electrons. The number of piperidine rings is 3. The van der Waals surface area contributed by atoms with E-state index in [0.717, 1.165) is 24.4 Å². The first-order valence-electron chi connectivity index (χ1n) is 8.54. The van der Waals surface area contributed by atoms with E-state index in [-0.39, 0.29) is 18.0 Å². The Hall–Kier alpha value is -1.88. The molecule has 2 bridgehead atoms. The lowest BCUT2D eigenvalue weighted by molar-refractivity contribution is -0.131. The fourth-order valence-electron chi connectivity index (χ4n) is 4.24. The fraction of sp³-hybridized carbons (Fsp3) is 0.556. The highest BCUT2D eigenvalue weighted by Gasteiger charge is 2.50. The minimum absolute atomic E-state index is 0.00118. The molecule has 2 atom stereocenters. The first-order valence-corrected chi connectivity index (χ1v) is 8.54. The molecule has 4 aliphatic heterocycles. The Labute approximate surface area is 136 Å². The van der Waals surface area contributed by atoms with Gasteiger partial charge in [0, 0.05) is 12.8 Å². The number of carbonyl (C=O) groups is 1. The van der Waals surface area contributed by atoms with Crippen LogP contribution in [0.15, 0.2) is 29.4 Å². The molecule has 0 aromatic heterocycles. The van der Waals surface area contributed by atoms with Crippen molar-refractivity contribution in [2.75, 3.05) is 19.7 Å². The van der Waals surface area contributed by atoms with Crippen molar-refractivity contribution in [2.24, 2.45) is 11.0 Å². The van der Waals surface area contributed by atoms with Crippen LogP contribution in [0.25, 0.3) is 0 Å². The summed E-state index contributed by atoms with van der Waals surface area (Å²) in [4.78, 5) is 14.7. The smallest absolute Gasteiger partial charge is 0.240 e. The van der Waals surface area contributed by atoms with Crippen LogP contribution in [0.4, 0.5) is 0 Å². The molecule has 1 aromatic rings. The quantitative estimate of drug-likeness (QED) is 0.861. The van der Waals surface area contributed by atoms with Crippen molar-refractivity contribution in [3.8, 4) is 5.75 Å². The third-order valence-corrected chi connectivity index (χ3v) is 5.29. The Morgan fingerprint density at radius 3 is 2.52 bits per heavy atom. The SMILES string of the molecule is CCOc1ccc(C2C3C(=NN2C(C)=O)C2CCN3CC2)cc1. The number of hydrogen-bond donors (Lipinski definition) is 0. The molecule has 4 aliphatic rings. The number of rotatable bonds is 3. The molecule has 3 fully saturated rings. The third kappa shape index (κ3) is 2.34. The lowest BCUT2D eigenvalue weighted by Gasteiger charge is -2.46. The summed E-state index contributed by atoms with van der Waals surface area (Å²) in [6.07, 6.45) is 2.36. The van der Waals surface area contributed by atoms with E-state index in [1.807, 2.05) is 19.1 Å². The van der Waals surface area contributed by atoms with Crippen molar-refractivity contribution in [1.29, 1.82) is 0 Å². The molecule has 0 radical (unpaired) electrons. The fourth-order valence-corrected chi connectivity index (χ4v) is 4.24. The van der Waals surface area contributed by atoms with Gasteiger partial charge in [-0.25, -0.2) is 5.01 Å². The summed E-state index contributed by atoms with van der Waals surface area (Å²) in [5.74, 6) is 1.45. The highest BCUT2D eigenvalue weighted by atomic mass is 16.5. The van der Waals surface area contributed by atoms with Crippen LogP contribution in [0.2, 0.25) is 0 Å². The maximum Gasteiger partial charge on any atom is 0.240 e. The van der Waals surface area contributed by atoms with Crippen molar-refractivity contribution >= 4 is 11.6 Å². The number of carbonyl (C=O) groups excluding carboxylic acids is 1. The molecule has 3 saturated heterocycles. The number of fused-ring (bicyclic) bond motifs is 2. The van der Waals surface area contributed by atoms with Crippen molar-refractivity contribution in [2.45, 2.75) is 38.8 Å². The first kappa shape index (κ1) is 14.7. The van der Waals surface area contributed by atoms with Gasteiger partial charge in [0.2, 0.25) is 5.91 Å². The van der Waals surface area contributed by atoms with Crippen molar-refractivity contribution in [3.63, 3.8) is 0 Å². The maximum absolute atomic E-state index is 12.2. The number of amides is 1. The highest BCUT2D eigenvalue weighted by Crippen LogP contribution is 2.43. The second-order valence-electron chi connectivity index (χ2n) is 6.59. The molecule has 2 unspecified atom stereocenters. The third-order valence-electron chi connectivity index (χ3n) is 5.29. The van der Waals surface area contributed by atoms with Crippen LogP contribution >= 0.6 is 0 Å². The second kappa shape index (κ2) is 5.64.